The average molecular weight is 374 g/mol. The molecule has 0 rings (SSSR count). The van der Waals surface area contributed by atoms with Gasteiger partial charge in [0.1, 0.15) is 0 Å². The Morgan fingerprint density at radius 3 is 1.41 bits per heavy atom. The Morgan fingerprint density at radius 1 is 0.864 bits per heavy atom. The Hall–Kier alpha value is 0.318. The molecule has 0 aromatic carbocycles. The van der Waals surface area contributed by atoms with E-state index in [0.29, 0.717) is 5.73 Å². The predicted octanol–water partition coefficient (Wildman–Crippen LogP) is 5.60. The second-order valence-corrected chi connectivity index (χ2v) is 42.9. The van der Waals surface area contributed by atoms with E-state index in [1.54, 1.807) is 0 Å². The molecule has 0 spiro atoms. The highest BCUT2D eigenvalue weighted by Crippen LogP contribution is 2.44. The van der Waals surface area contributed by atoms with Crippen molar-refractivity contribution in [1.82, 2.24) is 0 Å². The topological polar surface area (TPSA) is 33.0 Å². The fraction of sp³-hybridized carbons (Fsp3) is 0.938. The van der Waals surface area contributed by atoms with Gasteiger partial charge in [0.05, 0.1) is 13.2 Å². The molecule has 1 atom stereocenters. The molecule has 0 N–H and O–H groups in total. The molecule has 0 aliphatic rings. The van der Waals surface area contributed by atoms with E-state index >= 15 is 0 Å². The highest BCUT2D eigenvalue weighted by Gasteiger charge is 2.62. The summed E-state index contributed by atoms with van der Waals surface area (Å²) in [5.41, 5.74) is 0.425. The van der Waals surface area contributed by atoms with E-state index in [4.69, 9.17) is 4.43 Å². The number of rotatable bonds is 6. The summed E-state index contributed by atoms with van der Waals surface area (Å²) in [5, 5.41) is 9.73. The number of hydrogen-bond donors (Lipinski definition) is 0. The molecule has 130 valence electrons. The van der Waals surface area contributed by atoms with Gasteiger partial charge in [-0.2, -0.15) is 5.26 Å². The highest BCUT2D eigenvalue weighted by atomic mass is 29.6. The minimum absolute atomic E-state index is 0.115. The van der Waals surface area contributed by atoms with Gasteiger partial charge in [0.15, 0.2) is 8.32 Å². The first-order valence-corrected chi connectivity index (χ1v) is 23.1. The molecule has 0 fully saturated rings. The van der Waals surface area contributed by atoms with Gasteiger partial charge in [-0.05, 0) is 25.1 Å². The molecule has 0 amide bonds. The molecule has 0 heterocycles. The van der Waals surface area contributed by atoms with Gasteiger partial charge in [-0.1, -0.05) is 60.1 Å². The summed E-state index contributed by atoms with van der Waals surface area (Å²) in [6.45, 7) is 28.9. The van der Waals surface area contributed by atoms with Gasteiger partial charge in [0.25, 0.3) is 0 Å². The molecule has 6 heteroatoms. The van der Waals surface area contributed by atoms with Gasteiger partial charge >= 0.3 is 0 Å². The van der Waals surface area contributed by atoms with Crippen LogP contribution in [0.3, 0.4) is 0 Å². The van der Waals surface area contributed by atoms with E-state index in [-0.39, 0.29) is 5.41 Å². The minimum Gasteiger partial charge on any atom is -0.418 e. The maximum Gasteiger partial charge on any atom is 0.183 e. The van der Waals surface area contributed by atoms with Gasteiger partial charge < -0.3 is 4.43 Å². The predicted molar refractivity (Wildman–Crippen MR) is 111 cm³/mol. The molecule has 0 radical (unpaired) electrons. The largest absolute Gasteiger partial charge is 0.418 e. The molecular weight excluding hydrogens is 335 g/mol. The molecule has 0 aliphatic heterocycles. The number of hydrogen-bond acceptors (Lipinski definition) is 2. The molecule has 2 nitrogen and oxygen atoms in total. The first-order valence-electron chi connectivity index (χ1n) is 8.45. The van der Waals surface area contributed by atoms with Crippen LogP contribution in [0.5, 0.6) is 0 Å². The Kier molecular flexibility index (Phi) is 6.77. The van der Waals surface area contributed by atoms with E-state index in [9.17, 15) is 5.26 Å². The smallest absolute Gasteiger partial charge is 0.183 e. The van der Waals surface area contributed by atoms with Crippen LogP contribution in [0.4, 0.5) is 0 Å². The van der Waals surface area contributed by atoms with Crippen molar-refractivity contribution < 1.29 is 4.43 Å². The van der Waals surface area contributed by atoms with Crippen molar-refractivity contribution in [3.8, 4) is 6.07 Å². The van der Waals surface area contributed by atoms with E-state index in [1.165, 1.54) is 0 Å². The third-order valence-corrected chi connectivity index (χ3v) is 46.1. The van der Waals surface area contributed by atoms with Gasteiger partial charge in [-0.15, -0.1) is 0 Å². The van der Waals surface area contributed by atoms with Crippen molar-refractivity contribution in [3.63, 3.8) is 0 Å². The van der Waals surface area contributed by atoms with Crippen molar-refractivity contribution in [2.24, 2.45) is 5.41 Å². The second-order valence-electron chi connectivity index (χ2n) is 10.8. The SMILES string of the molecule is CC(C)(C)C(O[Si](C)(C)C)[Si](CC#N)([Si](C)(C)C)[Si](C)(C)C. The number of nitriles is 1. The average Bonchev–Trinajstić information content (AvgIpc) is 2.16. The normalized spacial score (nSPS) is 16.3. The summed E-state index contributed by atoms with van der Waals surface area (Å²) in [6.07, 6.45) is 0. The molecule has 22 heavy (non-hydrogen) atoms. The first-order chi connectivity index (χ1) is 9.40. The number of nitrogens with zero attached hydrogens (tertiary/aromatic N) is 1. The van der Waals surface area contributed by atoms with Crippen molar-refractivity contribution in [1.29, 1.82) is 5.26 Å². The molecule has 0 aliphatic carbocycles. The lowest BCUT2D eigenvalue weighted by atomic mass is 9.98. The first kappa shape index (κ1) is 22.3. The Labute approximate surface area is 143 Å². The van der Waals surface area contributed by atoms with Gasteiger partial charge in [0, 0.05) is 27.0 Å². The molecule has 0 bridgehead atoms. The Bertz CT molecular complexity index is 402. The Morgan fingerprint density at radius 2 is 1.23 bits per heavy atom. The van der Waals surface area contributed by atoms with Gasteiger partial charge in [0.2, 0.25) is 0 Å². The van der Waals surface area contributed by atoms with Crippen molar-refractivity contribution in [3.05, 3.63) is 0 Å². The van der Waals surface area contributed by atoms with Crippen molar-refractivity contribution >= 4 is 30.6 Å². The van der Waals surface area contributed by atoms with Crippen LogP contribution >= 0.6 is 0 Å². The zero-order valence-electron chi connectivity index (χ0n) is 17.1. The lowest BCUT2D eigenvalue weighted by molar-refractivity contribution is 0.144. The molecule has 1 unspecified atom stereocenters. The van der Waals surface area contributed by atoms with Gasteiger partial charge in [-0.3, -0.25) is 0 Å². The van der Waals surface area contributed by atoms with Crippen LogP contribution in [0.15, 0.2) is 0 Å². The summed E-state index contributed by atoms with van der Waals surface area (Å²) in [5.74, 6) is 0. The van der Waals surface area contributed by atoms with Crippen molar-refractivity contribution in [2.75, 3.05) is 0 Å². The summed E-state index contributed by atoms with van der Waals surface area (Å²) in [6, 6.07) is 3.41. The summed E-state index contributed by atoms with van der Waals surface area (Å²) >= 11 is 0. The molecule has 0 saturated carbocycles. The van der Waals surface area contributed by atoms with E-state index in [1.807, 2.05) is 0 Å². The van der Waals surface area contributed by atoms with E-state index < -0.39 is 30.6 Å². The minimum atomic E-state index is -1.84. The summed E-state index contributed by atoms with van der Waals surface area (Å²) in [4.78, 5) is 0. The Balaban J connectivity index is 6.50. The van der Waals surface area contributed by atoms with Crippen LogP contribution in [0.2, 0.25) is 65.0 Å². The maximum atomic E-state index is 9.73. The van der Waals surface area contributed by atoms with Crippen LogP contribution in [0.25, 0.3) is 0 Å². The standard InChI is InChI=1S/C16H39NOSi4/c1-16(2,3)15(18-19(4,5)6)22(14-13-17,20(7,8)9)21(10,11)12/h15H,14H2,1-12H3. The second kappa shape index (κ2) is 6.67. The fourth-order valence-electron chi connectivity index (χ4n) is 4.03. The van der Waals surface area contributed by atoms with E-state index in [2.05, 4.69) is 85.8 Å². The molecule has 0 saturated heterocycles. The van der Waals surface area contributed by atoms with Crippen LogP contribution in [-0.2, 0) is 4.43 Å². The fourth-order valence-corrected chi connectivity index (χ4v) is 52.8. The quantitative estimate of drug-likeness (QED) is 0.568. The van der Waals surface area contributed by atoms with Crippen LogP contribution in [0, 0.1) is 16.7 Å². The van der Waals surface area contributed by atoms with Crippen LogP contribution in [-0.4, -0.2) is 36.3 Å². The zero-order valence-corrected chi connectivity index (χ0v) is 21.1. The van der Waals surface area contributed by atoms with Crippen molar-refractivity contribution in [2.45, 2.75) is 91.5 Å². The molecule has 0 aromatic rings. The maximum absolute atomic E-state index is 9.73. The third kappa shape index (κ3) is 4.90. The van der Waals surface area contributed by atoms with Crippen LogP contribution in [0.1, 0.15) is 20.8 Å². The van der Waals surface area contributed by atoms with Gasteiger partial charge in [-0.25, -0.2) is 0 Å². The third-order valence-electron chi connectivity index (χ3n) is 4.74. The molecular formula is C16H39NOSi4. The summed E-state index contributed by atoms with van der Waals surface area (Å²) < 4.78 is 6.89. The van der Waals surface area contributed by atoms with E-state index in [0.717, 1.165) is 6.04 Å². The lowest BCUT2D eigenvalue weighted by Gasteiger charge is -2.58. The summed E-state index contributed by atoms with van der Waals surface area (Å²) in [7, 11) is -6.48. The molecule has 0 aromatic heterocycles. The zero-order chi connectivity index (χ0) is 18.2. The monoisotopic (exact) mass is 373 g/mol. The van der Waals surface area contributed by atoms with Crippen LogP contribution < -0.4 is 0 Å². The highest BCUT2D eigenvalue weighted by molar-refractivity contribution is 7.69. The lowest BCUT2D eigenvalue weighted by Crippen LogP contribution is -2.80.